The van der Waals surface area contributed by atoms with Crippen molar-refractivity contribution < 1.29 is 17.9 Å². The van der Waals surface area contributed by atoms with Gasteiger partial charge in [0.1, 0.15) is 0 Å². The van der Waals surface area contributed by atoms with E-state index in [1.165, 1.54) is 0 Å². The van der Waals surface area contributed by atoms with Crippen molar-refractivity contribution in [3.63, 3.8) is 0 Å². The summed E-state index contributed by atoms with van der Waals surface area (Å²) < 4.78 is 34.5. The predicted octanol–water partition coefficient (Wildman–Crippen LogP) is 4.88. The average molecular weight is 510 g/mol. The molecule has 1 fully saturated rings. The predicted molar refractivity (Wildman–Crippen MR) is 140 cm³/mol. The standard InChI is InChI=1S/C28H35N3O4S/c1-20(2)31-25(16-29-28(31)36(33,34)19-24-9-6-5-8-22(24)4)17-30(18-26-10-7-15-35-26)27(32)23-13-11-21(3)12-14-23/h5-6,8-9,11-14,16,20,26H,7,10,15,17-19H2,1-4H3/t26-/m0/s1. The number of hydrogen-bond donors (Lipinski definition) is 0. The number of carbonyl (C=O) groups excluding carboxylic acids is 1. The fraction of sp³-hybridized carbons (Fsp3) is 0.429. The Bertz CT molecular complexity index is 1310. The first kappa shape index (κ1) is 26.1. The first-order valence-corrected chi connectivity index (χ1v) is 14.1. The molecule has 36 heavy (non-hydrogen) atoms. The minimum absolute atomic E-state index is 0.0286. The van der Waals surface area contributed by atoms with Gasteiger partial charge in [0.15, 0.2) is 0 Å². The highest BCUT2D eigenvalue weighted by Gasteiger charge is 2.29. The van der Waals surface area contributed by atoms with Gasteiger partial charge in [0.25, 0.3) is 5.91 Å². The van der Waals surface area contributed by atoms with Gasteiger partial charge in [0, 0.05) is 24.8 Å². The molecule has 0 bridgehead atoms. The number of carbonyl (C=O) groups is 1. The number of ether oxygens (including phenoxy) is 1. The van der Waals surface area contributed by atoms with Crippen LogP contribution in [0.3, 0.4) is 0 Å². The number of aromatic nitrogens is 2. The Morgan fingerprint density at radius 2 is 1.86 bits per heavy atom. The third-order valence-corrected chi connectivity index (χ3v) is 8.18. The minimum atomic E-state index is -3.70. The molecule has 1 amide bonds. The smallest absolute Gasteiger partial charge is 0.254 e. The Kier molecular flexibility index (Phi) is 7.95. The van der Waals surface area contributed by atoms with E-state index in [2.05, 4.69) is 4.98 Å². The van der Waals surface area contributed by atoms with E-state index in [1.807, 2.05) is 76.2 Å². The summed E-state index contributed by atoms with van der Waals surface area (Å²) in [6, 6.07) is 14.8. The summed E-state index contributed by atoms with van der Waals surface area (Å²) >= 11 is 0. The van der Waals surface area contributed by atoms with E-state index in [9.17, 15) is 13.2 Å². The molecular weight excluding hydrogens is 474 g/mol. The summed E-state index contributed by atoms with van der Waals surface area (Å²) in [4.78, 5) is 19.7. The van der Waals surface area contributed by atoms with E-state index in [4.69, 9.17) is 4.74 Å². The topological polar surface area (TPSA) is 81.5 Å². The molecule has 2 aromatic carbocycles. The molecule has 0 N–H and O–H groups in total. The number of hydrogen-bond acceptors (Lipinski definition) is 5. The second kappa shape index (κ2) is 11.0. The maximum atomic E-state index is 13.5. The molecule has 0 spiro atoms. The molecule has 1 atom stereocenters. The summed E-state index contributed by atoms with van der Waals surface area (Å²) in [5.41, 5.74) is 4.05. The van der Waals surface area contributed by atoms with Gasteiger partial charge in [0.05, 0.1) is 30.3 Å². The first-order chi connectivity index (χ1) is 17.2. The van der Waals surface area contributed by atoms with E-state index >= 15 is 0 Å². The molecule has 0 aliphatic carbocycles. The van der Waals surface area contributed by atoms with Crippen LogP contribution in [0, 0.1) is 13.8 Å². The summed E-state index contributed by atoms with van der Waals surface area (Å²) in [6.45, 7) is 9.15. The summed E-state index contributed by atoms with van der Waals surface area (Å²) in [7, 11) is -3.70. The highest BCUT2D eigenvalue weighted by molar-refractivity contribution is 7.90. The maximum absolute atomic E-state index is 13.5. The van der Waals surface area contributed by atoms with Gasteiger partial charge in [-0.3, -0.25) is 4.79 Å². The van der Waals surface area contributed by atoms with Crippen LogP contribution in [-0.2, 0) is 26.9 Å². The third kappa shape index (κ3) is 5.87. The van der Waals surface area contributed by atoms with Gasteiger partial charge >= 0.3 is 0 Å². The zero-order valence-corrected chi connectivity index (χ0v) is 22.3. The van der Waals surface area contributed by atoms with Gasteiger partial charge in [-0.1, -0.05) is 42.0 Å². The lowest BCUT2D eigenvalue weighted by Gasteiger charge is -2.27. The number of nitrogens with zero attached hydrogens (tertiary/aromatic N) is 3. The zero-order valence-electron chi connectivity index (χ0n) is 21.5. The average Bonchev–Trinajstić information content (AvgIpc) is 3.50. The molecule has 1 aromatic heterocycles. The minimum Gasteiger partial charge on any atom is -0.376 e. The summed E-state index contributed by atoms with van der Waals surface area (Å²) in [6.07, 6.45) is 3.44. The summed E-state index contributed by atoms with van der Waals surface area (Å²) in [5.74, 6) is -0.226. The van der Waals surface area contributed by atoms with Crippen molar-refractivity contribution in [2.75, 3.05) is 13.2 Å². The highest BCUT2D eigenvalue weighted by atomic mass is 32.2. The molecule has 8 heteroatoms. The Morgan fingerprint density at radius 3 is 2.50 bits per heavy atom. The second-order valence-electron chi connectivity index (χ2n) is 9.87. The van der Waals surface area contributed by atoms with Crippen molar-refractivity contribution in [3.8, 4) is 0 Å². The second-order valence-corrected chi connectivity index (χ2v) is 11.8. The van der Waals surface area contributed by atoms with E-state index in [1.54, 1.807) is 15.7 Å². The van der Waals surface area contributed by atoms with Crippen LogP contribution in [-0.4, -0.2) is 48.0 Å². The van der Waals surface area contributed by atoms with Gasteiger partial charge in [-0.25, -0.2) is 13.4 Å². The number of aryl methyl sites for hydroxylation is 2. The van der Waals surface area contributed by atoms with E-state index in [0.717, 1.165) is 29.5 Å². The molecule has 1 aliphatic heterocycles. The van der Waals surface area contributed by atoms with Gasteiger partial charge in [-0.2, -0.15) is 0 Å². The molecule has 0 unspecified atom stereocenters. The number of imidazole rings is 1. The first-order valence-electron chi connectivity index (χ1n) is 12.5. The summed E-state index contributed by atoms with van der Waals surface area (Å²) in [5, 5.41) is 0.0376. The van der Waals surface area contributed by atoms with E-state index < -0.39 is 9.84 Å². The van der Waals surface area contributed by atoms with Crippen LogP contribution < -0.4 is 0 Å². The van der Waals surface area contributed by atoms with Crippen molar-refractivity contribution in [2.45, 2.75) is 70.1 Å². The quantitative estimate of drug-likeness (QED) is 0.411. The van der Waals surface area contributed by atoms with Gasteiger partial charge in [0.2, 0.25) is 15.0 Å². The molecule has 1 saturated heterocycles. The van der Waals surface area contributed by atoms with Gasteiger partial charge in [-0.05, 0) is 63.8 Å². The Morgan fingerprint density at radius 1 is 1.14 bits per heavy atom. The van der Waals surface area contributed by atoms with Crippen molar-refractivity contribution in [1.29, 1.82) is 0 Å². The normalized spacial score (nSPS) is 16.0. The molecule has 0 radical (unpaired) electrons. The fourth-order valence-corrected chi connectivity index (χ4v) is 6.35. The maximum Gasteiger partial charge on any atom is 0.254 e. The van der Waals surface area contributed by atoms with Gasteiger partial charge < -0.3 is 14.2 Å². The van der Waals surface area contributed by atoms with Crippen molar-refractivity contribution in [1.82, 2.24) is 14.5 Å². The molecule has 2 heterocycles. The Labute approximate surface area is 214 Å². The number of rotatable bonds is 9. The molecular formula is C28H35N3O4S. The van der Waals surface area contributed by atoms with Crippen LogP contribution in [0.25, 0.3) is 0 Å². The van der Waals surface area contributed by atoms with Crippen LogP contribution in [0.15, 0.2) is 59.9 Å². The Balaban J connectivity index is 1.66. The molecule has 192 valence electrons. The van der Waals surface area contributed by atoms with E-state index in [0.29, 0.717) is 24.4 Å². The zero-order chi connectivity index (χ0) is 25.9. The van der Waals surface area contributed by atoms with Crippen LogP contribution in [0.1, 0.15) is 65.5 Å². The van der Waals surface area contributed by atoms with Crippen molar-refractivity contribution >= 4 is 15.7 Å². The lowest BCUT2D eigenvalue weighted by atomic mass is 10.1. The number of benzene rings is 2. The molecule has 1 aliphatic rings. The van der Waals surface area contributed by atoms with Crippen LogP contribution in [0.2, 0.25) is 0 Å². The SMILES string of the molecule is Cc1ccc(C(=O)N(Cc2cnc(S(=O)(=O)Cc3ccccc3C)n2C(C)C)C[C@@H]2CCCO2)cc1. The van der Waals surface area contributed by atoms with Crippen LogP contribution >= 0.6 is 0 Å². The largest absolute Gasteiger partial charge is 0.376 e. The third-order valence-electron chi connectivity index (χ3n) is 6.63. The molecule has 0 saturated carbocycles. The monoisotopic (exact) mass is 509 g/mol. The fourth-order valence-electron chi connectivity index (χ4n) is 4.65. The molecule has 3 aromatic rings. The van der Waals surface area contributed by atoms with Crippen molar-refractivity contribution in [2.24, 2.45) is 0 Å². The van der Waals surface area contributed by atoms with Crippen molar-refractivity contribution in [3.05, 3.63) is 82.7 Å². The van der Waals surface area contributed by atoms with Crippen LogP contribution in [0.5, 0.6) is 0 Å². The number of sulfone groups is 1. The van der Waals surface area contributed by atoms with Gasteiger partial charge in [-0.15, -0.1) is 0 Å². The van der Waals surface area contributed by atoms with E-state index in [-0.39, 0.29) is 35.5 Å². The lowest BCUT2D eigenvalue weighted by molar-refractivity contribution is 0.0500. The lowest BCUT2D eigenvalue weighted by Crippen LogP contribution is -2.37. The molecule has 7 nitrogen and oxygen atoms in total. The number of amides is 1. The Hall–Kier alpha value is -2.97. The van der Waals surface area contributed by atoms with Crippen LogP contribution in [0.4, 0.5) is 0 Å². The molecule has 4 rings (SSSR count). The highest BCUT2D eigenvalue weighted by Crippen LogP contribution is 2.25.